The molecule has 0 heterocycles. The molecule has 0 N–H and O–H groups in total. The van der Waals surface area contributed by atoms with Crippen LogP contribution in [0.2, 0.25) is 32.2 Å². The molecule has 0 aliphatic heterocycles. The van der Waals surface area contributed by atoms with Gasteiger partial charge in [0.05, 0.1) is 0 Å². The van der Waals surface area contributed by atoms with E-state index in [1.807, 2.05) is 6.08 Å². The Kier molecular flexibility index (Phi) is 20.0. The van der Waals surface area contributed by atoms with Gasteiger partial charge in [-0.15, -0.1) is 6.58 Å². The molecule has 0 saturated heterocycles. The largest absolute Gasteiger partial charge is 0.172 e. The van der Waals surface area contributed by atoms with Crippen LogP contribution < -0.4 is 0 Å². The summed E-state index contributed by atoms with van der Waals surface area (Å²) in [6.07, 6.45) is 3.20. The van der Waals surface area contributed by atoms with E-state index in [1.165, 1.54) is 12.5 Å². The molecule has 0 atom stereocenters. The molecule has 0 aliphatic carbocycles. The molecule has 0 aromatic heterocycles. The van der Waals surface area contributed by atoms with E-state index in [1.54, 1.807) is 0 Å². The molecule has 0 fully saturated rings. The summed E-state index contributed by atoms with van der Waals surface area (Å²) in [5.41, 5.74) is 0.763. The second-order valence-corrected chi connectivity index (χ2v) is 20.0. The van der Waals surface area contributed by atoms with E-state index in [9.17, 15) is 0 Å². The maximum Gasteiger partial charge on any atom is 0.150 e. The van der Waals surface area contributed by atoms with Crippen LogP contribution in [0.5, 0.6) is 0 Å². The molecule has 0 spiro atoms. The van der Waals surface area contributed by atoms with Crippen molar-refractivity contribution in [1.82, 2.24) is 0 Å². The molecule has 0 aliphatic rings. The fraction of sp³-hybridized carbons (Fsp3) is 0.875. The molecule has 0 aromatic rings. The molecule has 0 radical (unpaired) electrons. The molecule has 134 valence electrons. The van der Waals surface area contributed by atoms with E-state index >= 15 is 0 Å². The van der Waals surface area contributed by atoms with Crippen molar-refractivity contribution >= 4 is 37.6 Å². The fourth-order valence-corrected chi connectivity index (χ4v) is 2.30. The molecule has 5 heteroatoms. The van der Waals surface area contributed by atoms with Crippen LogP contribution in [0.4, 0.5) is 0 Å². The second-order valence-electron chi connectivity index (χ2n) is 8.36. The van der Waals surface area contributed by atoms with Crippen LogP contribution in [0.1, 0.15) is 48.0 Å². The first-order valence-corrected chi connectivity index (χ1v) is 15.7. The summed E-state index contributed by atoms with van der Waals surface area (Å²) in [4.78, 5) is 0. The summed E-state index contributed by atoms with van der Waals surface area (Å²) in [5, 5.41) is 0. The Morgan fingerprint density at radius 3 is 1.33 bits per heavy atom. The van der Waals surface area contributed by atoms with Gasteiger partial charge in [0, 0.05) is 21.1 Å². The van der Waals surface area contributed by atoms with E-state index in [-0.39, 0.29) is 21.1 Å². The summed E-state index contributed by atoms with van der Waals surface area (Å²) in [5.74, 6) is 0. The first-order chi connectivity index (χ1) is 8.50. The first kappa shape index (κ1) is 30.3. The van der Waals surface area contributed by atoms with Gasteiger partial charge in [-0.05, 0) is 23.3 Å². The van der Waals surface area contributed by atoms with Crippen molar-refractivity contribution in [2.45, 2.75) is 80.2 Å². The summed E-state index contributed by atoms with van der Waals surface area (Å²) < 4.78 is 0. The zero-order valence-corrected chi connectivity index (χ0v) is 21.8. The van der Waals surface area contributed by atoms with Crippen molar-refractivity contribution in [3.8, 4) is 0 Å². The third-order valence-corrected chi connectivity index (χ3v) is 4.09. The van der Waals surface area contributed by atoms with Gasteiger partial charge in [0.1, 0.15) is 8.11 Å². The molecule has 0 nitrogen and oxygen atoms in total. The van der Waals surface area contributed by atoms with Gasteiger partial charge in [-0.3, -0.25) is 0 Å². The fourth-order valence-electron chi connectivity index (χ4n) is 0.672. The van der Waals surface area contributed by atoms with Gasteiger partial charge in [0.2, 0.25) is 0 Å². The van der Waals surface area contributed by atoms with Crippen LogP contribution in [-0.2, 0) is 21.1 Å². The Morgan fingerprint density at radius 2 is 1.29 bits per heavy atom. The van der Waals surface area contributed by atoms with Gasteiger partial charge in [-0.1, -0.05) is 73.8 Å². The topological polar surface area (TPSA) is 0 Å². The van der Waals surface area contributed by atoms with Crippen LogP contribution >= 0.6 is 22.2 Å². The number of halogens is 2. The van der Waals surface area contributed by atoms with Crippen molar-refractivity contribution in [1.29, 1.82) is 0 Å². The number of rotatable bonds is 2. The van der Waals surface area contributed by atoms with E-state index in [4.69, 9.17) is 22.2 Å². The van der Waals surface area contributed by atoms with E-state index in [0.29, 0.717) is 10.8 Å². The maximum absolute atomic E-state index is 6.18. The zero-order chi connectivity index (χ0) is 17.2. The Hall–Kier alpha value is 1.44. The van der Waals surface area contributed by atoms with Gasteiger partial charge in [-0.2, -0.15) is 22.2 Å². The Labute approximate surface area is 161 Å². The molecule has 0 amide bonds. The maximum atomic E-state index is 6.18. The third kappa shape index (κ3) is 61.9. The summed E-state index contributed by atoms with van der Waals surface area (Å²) in [6.45, 7) is 25.4. The van der Waals surface area contributed by atoms with Gasteiger partial charge in [0.25, 0.3) is 0 Å². The Balaban J connectivity index is -0.000000113. The van der Waals surface area contributed by atoms with Gasteiger partial charge in [0.15, 0.2) is 7.38 Å². The van der Waals surface area contributed by atoms with Crippen molar-refractivity contribution in [3.63, 3.8) is 0 Å². The van der Waals surface area contributed by atoms with E-state index in [0.717, 1.165) is 0 Å². The SMILES string of the molecule is C=CC(C)(C)C.CC(C)(C)CC[Si](C)(C)Cl.C[SiH](C)Cl.[Pt]. The quantitative estimate of drug-likeness (QED) is 0.192. The molecule has 0 bridgehead atoms. The smallest absolute Gasteiger partial charge is 0.150 e. The van der Waals surface area contributed by atoms with Crippen LogP contribution in [0.25, 0.3) is 0 Å². The molecular weight excluding hydrogens is 514 g/mol. The Morgan fingerprint density at radius 1 is 1.05 bits per heavy atom. The van der Waals surface area contributed by atoms with Crippen LogP contribution in [-0.4, -0.2) is 15.5 Å². The third-order valence-electron chi connectivity index (χ3n) is 2.08. The molecule has 0 unspecified atom stereocenters. The van der Waals surface area contributed by atoms with E-state index < -0.39 is 15.5 Å². The average Bonchev–Trinajstić information content (AvgIpc) is 2.12. The van der Waals surface area contributed by atoms with Crippen LogP contribution in [0.15, 0.2) is 12.7 Å². The number of allylic oxidation sites excluding steroid dienone is 1. The Bertz CT molecular complexity index is 219. The number of hydrogen-bond acceptors (Lipinski definition) is 0. The summed E-state index contributed by atoms with van der Waals surface area (Å²) >= 11 is 11.6. The molecule has 0 saturated carbocycles. The average molecular weight is 553 g/mol. The van der Waals surface area contributed by atoms with Crippen molar-refractivity contribution in [2.75, 3.05) is 0 Å². The van der Waals surface area contributed by atoms with Crippen molar-refractivity contribution in [3.05, 3.63) is 12.7 Å². The molecule has 0 aromatic carbocycles. The van der Waals surface area contributed by atoms with Gasteiger partial charge >= 0.3 is 0 Å². The van der Waals surface area contributed by atoms with E-state index in [2.05, 4.69) is 74.3 Å². The van der Waals surface area contributed by atoms with Crippen molar-refractivity contribution < 1.29 is 21.1 Å². The zero-order valence-electron chi connectivity index (χ0n) is 15.8. The van der Waals surface area contributed by atoms with Crippen LogP contribution in [0.3, 0.4) is 0 Å². The molecule has 0 rings (SSSR count). The van der Waals surface area contributed by atoms with Gasteiger partial charge in [-0.25, -0.2) is 0 Å². The minimum absolute atomic E-state index is 0. The van der Waals surface area contributed by atoms with Crippen LogP contribution in [0, 0.1) is 10.8 Å². The standard InChI is InChI=1S/C8H19ClSi.C6H12.C2H7ClSi.Pt/c1-8(2,3)6-7-10(4,5)9;1-5-6(2,3)4;1-4(2)3;/h6-7H2,1-5H3;5H,1H2,2-4H3;4H,1-2H3;. The van der Waals surface area contributed by atoms with Gasteiger partial charge < -0.3 is 0 Å². The minimum Gasteiger partial charge on any atom is -0.172 e. The summed E-state index contributed by atoms with van der Waals surface area (Å²) in [6, 6.07) is 1.23. The molecule has 21 heavy (non-hydrogen) atoms. The summed E-state index contributed by atoms with van der Waals surface area (Å²) in [7, 11) is -1.96. The minimum atomic E-state index is -1.29. The second kappa shape index (κ2) is 13.8. The first-order valence-electron chi connectivity index (χ1n) is 7.47. The number of hydrogen-bond donors (Lipinski definition) is 0. The monoisotopic (exact) mass is 551 g/mol. The normalized spacial score (nSPS) is 11.5. The molecular formula is C16H38Cl2PtSi2. The predicted octanol–water partition coefficient (Wildman–Crippen LogP) is 7.29. The van der Waals surface area contributed by atoms with Crippen molar-refractivity contribution in [2.24, 2.45) is 10.8 Å². The predicted molar refractivity (Wildman–Crippen MR) is 107 cm³/mol.